The second-order valence-electron chi connectivity index (χ2n) is 8.51. The minimum absolute atomic E-state index is 0.0354. The summed E-state index contributed by atoms with van der Waals surface area (Å²) in [5.74, 6) is 0.973. The van der Waals surface area contributed by atoms with E-state index in [9.17, 15) is 0 Å². The highest BCUT2D eigenvalue weighted by Crippen LogP contribution is 2.41. The molecule has 1 saturated carbocycles. The van der Waals surface area contributed by atoms with E-state index < -0.39 is 0 Å². The summed E-state index contributed by atoms with van der Waals surface area (Å²) in [6.45, 7) is 5.46. The highest BCUT2D eigenvalue weighted by Gasteiger charge is 2.36. The van der Waals surface area contributed by atoms with E-state index in [0.29, 0.717) is 6.61 Å². The lowest BCUT2D eigenvalue weighted by molar-refractivity contribution is -0.00811. The van der Waals surface area contributed by atoms with Gasteiger partial charge in [0.05, 0.1) is 19.3 Å². The van der Waals surface area contributed by atoms with Crippen molar-refractivity contribution in [1.82, 2.24) is 20.0 Å². The Bertz CT molecular complexity index is 852. The largest absolute Gasteiger partial charge is 0.370 e. The number of ether oxygens (including phenoxy) is 1. The molecule has 1 atom stereocenters. The lowest BCUT2D eigenvalue weighted by Crippen LogP contribution is -2.51. The van der Waals surface area contributed by atoms with Crippen molar-refractivity contribution < 1.29 is 4.74 Å². The van der Waals surface area contributed by atoms with Gasteiger partial charge in [0.15, 0.2) is 5.96 Å². The predicted molar refractivity (Wildman–Crippen MR) is 116 cm³/mol. The van der Waals surface area contributed by atoms with Gasteiger partial charge in [0.2, 0.25) is 0 Å². The van der Waals surface area contributed by atoms with Crippen LogP contribution in [0.25, 0.3) is 0 Å². The molecular weight excluding hydrogens is 362 g/mol. The van der Waals surface area contributed by atoms with Crippen molar-refractivity contribution in [3.63, 3.8) is 0 Å². The summed E-state index contributed by atoms with van der Waals surface area (Å²) in [7, 11) is 3.82. The number of morpholine rings is 1. The first-order valence-electron chi connectivity index (χ1n) is 10.7. The molecule has 2 heterocycles. The highest BCUT2D eigenvalue weighted by atomic mass is 16.5. The monoisotopic (exact) mass is 395 g/mol. The van der Waals surface area contributed by atoms with Crippen molar-refractivity contribution in [2.75, 3.05) is 33.3 Å². The molecule has 1 aromatic carbocycles. The van der Waals surface area contributed by atoms with Crippen LogP contribution < -0.4 is 5.32 Å². The van der Waals surface area contributed by atoms with Crippen LogP contribution in [0.2, 0.25) is 0 Å². The Balaban J connectivity index is 1.45. The summed E-state index contributed by atoms with van der Waals surface area (Å²) in [5.41, 5.74) is 4.13. The number of hydrogen-bond donors (Lipinski definition) is 1. The molecule has 1 saturated heterocycles. The van der Waals surface area contributed by atoms with Crippen LogP contribution in [0.1, 0.15) is 48.5 Å². The van der Waals surface area contributed by atoms with Crippen LogP contribution in [-0.4, -0.2) is 53.9 Å². The molecule has 1 N–H and O–H groups in total. The van der Waals surface area contributed by atoms with Gasteiger partial charge in [0.25, 0.3) is 0 Å². The molecule has 6 heteroatoms. The van der Waals surface area contributed by atoms with Crippen LogP contribution >= 0.6 is 0 Å². The van der Waals surface area contributed by atoms with E-state index in [-0.39, 0.29) is 11.5 Å². The Morgan fingerprint density at radius 3 is 2.86 bits per heavy atom. The molecule has 0 spiro atoms. The van der Waals surface area contributed by atoms with E-state index in [1.807, 2.05) is 31.2 Å². The third-order valence-corrected chi connectivity index (χ3v) is 6.45. The number of nitrogens with zero attached hydrogens (tertiary/aromatic N) is 4. The fourth-order valence-electron chi connectivity index (χ4n) is 4.82. The Morgan fingerprint density at radius 1 is 1.34 bits per heavy atom. The molecule has 2 aliphatic rings. The summed E-state index contributed by atoms with van der Waals surface area (Å²) in [6, 6.07) is 9.05. The summed E-state index contributed by atoms with van der Waals surface area (Å²) in [4.78, 5) is 6.92. The third-order valence-electron chi connectivity index (χ3n) is 6.45. The first kappa shape index (κ1) is 20.0. The average Bonchev–Trinajstić information content (AvgIpc) is 3.39. The maximum atomic E-state index is 6.00. The van der Waals surface area contributed by atoms with Gasteiger partial charge in [-0.3, -0.25) is 9.67 Å². The summed E-state index contributed by atoms with van der Waals surface area (Å²) in [5, 5.41) is 8.01. The molecule has 6 nitrogen and oxygen atoms in total. The molecule has 1 unspecified atom stereocenters. The van der Waals surface area contributed by atoms with Gasteiger partial charge in [-0.15, -0.1) is 0 Å². The predicted octanol–water partition coefficient (Wildman–Crippen LogP) is 3.19. The first-order chi connectivity index (χ1) is 14.1. The van der Waals surface area contributed by atoms with E-state index >= 15 is 0 Å². The van der Waals surface area contributed by atoms with E-state index in [1.54, 1.807) is 0 Å². The lowest BCUT2D eigenvalue weighted by Gasteiger charge is -2.37. The van der Waals surface area contributed by atoms with E-state index in [2.05, 4.69) is 51.5 Å². The lowest BCUT2D eigenvalue weighted by atomic mass is 9.78. The standard InChI is InChI=1S/C23H33N5O/c1-18-7-6-8-20(13-18)23(9-4-5-10-23)17-25-22(24-2)28-11-12-29-21(16-28)19-14-26-27(3)15-19/h6-8,13-15,21H,4-5,9-12,16-17H2,1-3H3,(H,24,25). The number of aliphatic imine (C=N–C) groups is 1. The molecule has 1 aliphatic heterocycles. The Hall–Kier alpha value is -2.34. The van der Waals surface area contributed by atoms with Crippen molar-refractivity contribution in [1.29, 1.82) is 0 Å². The zero-order valence-corrected chi connectivity index (χ0v) is 17.9. The Morgan fingerprint density at radius 2 is 2.17 bits per heavy atom. The Kier molecular flexibility index (Phi) is 5.90. The molecule has 4 rings (SSSR count). The normalized spacial score (nSPS) is 22.1. The maximum Gasteiger partial charge on any atom is 0.193 e. The third kappa shape index (κ3) is 4.32. The van der Waals surface area contributed by atoms with Gasteiger partial charge in [0.1, 0.15) is 6.10 Å². The quantitative estimate of drug-likeness (QED) is 0.638. The first-order valence-corrected chi connectivity index (χ1v) is 10.7. The SMILES string of the molecule is CN=C(NCC1(c2cccc(C)c2)CCCC1)N1CCOC(c2cnn(C)c2)C1. The number of rotatable bonds is 4. The van der Waals surface area contributed by atoms with E-state index in [1.165, 1.54) is 36.8 Å². The second kappa shape index (κ2) is 8.57. The van der Waals surface area contributed by atoms with Crippen LogP contribution in [0, 0.1) is 6.92 Å². The number of nitrogens with one attached hydrogen (secondary N) is 1. The van der Waals surface area contributed by atoms with Crippen LogP contribution in [0.4, 0.5) is 0 Å². The molecule has 29 heavy (non-hydrogen) atoms. The molecule has 156 valence electrons. The molecule has 1 aliphatic carbocycles. The van der Waals surface area contributed by atoms with Gasteiger partial charge in [-0.2, -0.15) is 5.10 Å². The van der Waals surface area contributed by atoms with Gasteiger partial charge in [-0.1, -0.05) is 42.7 Å². The van der Waals surface area contributed by atoms with E-state index in [4.69, 9.17) is 4.74 Å². The van der Waals surface area contributed by atoms with E-state index in [0.717, 1.165) is 31.2 Å². The van der Waals surface area contributed by atoms with Gasteiger partial charge in [0, 0.05) is 44.4 Å². The molecule has 1 aromatic heterocycles. The fourth-order valence-corrected chi connectivity index (χ4v) is 4.82. The minimum Gasteiger partial charge on any atom is -0.370 e. The van der Waals surface area contributed by atoms with Crippen molar-refractivity contribution in [3.8, 4) is 0 Å². The number of aryl methyl sites for hydroxylation is 2. The van der Waals surface area contributed by atoms with Crippen LogP contribution in [0.15, 0.2) is 41.7 Å². The van der Waals surface area contributed by atoms with Crippen molar-refractivity contribution >= 4 is 5.96 Å². The highest BCUT2D eigenvalue weighted by molar-refractivity contribution is 5.80. The molecule has 2 fully saturated rings. The summed E-state index contributed by atoms with van der Waals surface area (Å²) >= 11 is 0. The number of hydrogen-bond acceptors (Lipinski definition) is 3. The number of aromatic nitrogens is 2. The van der Waals surface area contributed by atoms with Crippen LogP contribution in [0.3, 0.4) is 0 Å². The molecule has 0 bridgehead atoms. The second-order valence-corrected chi connectivity index (χ2v) is 8.51. The molecule has 0 amide bonds. The number of benzene rings is 1. The fraction of sp³-hybridized carbons (Fsp3) is 0.565. The summed E-state index contributed by atoms with van der Waals surface area (Å²) < 4.78 is 7.83. The molecule has 2 aromatic rings. The summed E-state index contributed by atoms with van der Waals surface area (Å²) in [6.07, 6.45) is 9.05. The van der Waals surface area contributed by atoms with Crippen molar-refractivity contribution in [3.05, 3.63) is 53.3 Å². The number of guanidine groups is 1. The van der Waals surface area contributed by atoms with Gasteiger partial charge >= 0.3 is 0 Å². The maximum absolute atomic E-state index is 6.00. The van der Waals surface area contributed by atoms with Gasteiger partial charge < -0.3 is 15.0 Å². The topological polar surface area (TPSA) is 54.7 Å². The zero-order chi connectivity index (χ0) is 20.3. The average molecular weight is 396 g/mol. The Labute approximate surface area is 174 Å². The minimum atomic E-state index is 0.0354. The van der Waals surface area contributed by atoms with Gasteiger partial charge in [-0.25, -0.2) is 0 Å². The van der Waals surface area contributed by atoms with Crippen molar-refractivity contribution in [2.45, 2.75) is 44.1 Å². The van der Waals surface area contributed by atoms with Crippen molar-refractivity contribution in [2.24, 2.45) is 12.0 Å². The zero-order valence-electron chi connectivity index (χ0n) is 17.9. The van der Waals surface area contributed by atoms with Crippen LogP contribution in [-0.2, 0) is 17.2 Å². The molecular formula is C23H33N5O. The van der Waals surface area contributed by atoms with Gasteiger partial charge in [-0.05, 0) is 25.3 Å². The van der Waals surface area contributed by atoms with Crippen LogP contribution in [0.5, 0.6) is 0 Å². The smallest absolute Gasteiger partial charge is 0.193 e. The molecule has 0 radical (unpaired) electrons.